The molecule has 0 fully saturated rings. The van der Waals surface area contributed by atoms with Crippen molar-refractivity contribution in [1.29, 1.82) is 0 Å². The molecule has 0 bridgehead atoms. The van der Waals surface area contributed by atoms with Crippen LogP contribution < -0.4 is 10.1 Å². The lowest BCUT2D eigenvalue weighted by Gasteiger charge is -2.19. The highest BCUT2D eigenvalue weighted by molar-refractivity contribution is 7.98. The van der Waals surface area contributed by atoms with Crippen molar-refractivity contribution in [2.24, 2.45) is 0 Å². The number of phenols is 1. The molecule has 178 valence electrons. The standard InChI is InChI=1S/C23H33NO7S/c1-15-19(29-2)12-18(25)16-13-32-14-17(22(27)30-3)24-20(26)10-8-6-4-5-7-9-11-31-23(28)21(15)16/h12,17,25H,4-11,13-14H2,1-3H3,(H,24,26)/t17-/m0/s1. The maximum atomic E-state index is 12.9. The summed E-state index contributed by atoms with van der Waals surface area (Å²) in [5.41, 5.74) is 1.27. The van der Waals surface area contributed by atoms with Crippen LogP contribution in [0.2, 0.25) is 0 Å². The highest BCUT2D eigenvalue weighted by Gasteiger charge is 2.25. The first kappa shape index (κ1) is 25.8. The molecule has 1 heterocycles. The van der Waals surface area contributed by atoms with Crippen molar-refractivity contribution in [2.45, 2.75) is 63.7 Å². The Labute approximate surface area is 193 Å². The number of aromatic hydroxyl groups is 1. The van der Waals surface area contributed by atoms with Gasteiger partial charge in [-0.3, -0.25) is 4.79 Å². The summed E-state index contributed by atoms with van der Waals surface area (Å²) in [6.45, 7) is 2.04. The first-order valence-corrected chi connectivity index (χ1v) is 12.1. The third-order valence-corrected chi connectivity index (χ3v) is 6.49. The number of hydrogen-bond donors (Lipinski definition) is 2. The first-order valence-electron chi connectivity index (χ1n) is 10.9. The van der Waals surface area contributed by atoms with Gasteiger partial charge in [-0.15, -0.1) is 0 Å². The number of phenolic OH excluding ortho intramolecular Hbond substituents is 1. The van der Waals surface area contributed by atoms with Gasteiger partial charge in [-0.05, 0) is 19.8 Å². The van der Waals surface area contributed by atoms with Gasteiger partial charge in [0, 0.05) is 35.1 Å². The predicted molar refractivity (Wildman–Crippen MR) is 122 cm³/mol. The van der Waals surface area contributed by atoms with E-state index in [1.54, 1.807) is 6.92 Å². The fraction of sp³-hybridized carbons (Fsp3) is 0.609. The molecular formula is C23H33NO7S. The number of carbonyl (C=O) groups is 3. The summed E-state index contributed by atoms with van der Waals surface area (Å²) in [6.07, 6.45) is 5.70. The van der Waals surface area contributed by atoms with Crippen molar-refractivity contribution in [1.82, 2.24) is 5.32 Å². The van der Waals surface area contributed by atoms with Crippen molar-refractivity contribution in [3.05, 3.63) is 22.8 Å². The number of esters is 2. The quantitative estimate of drug-likeness (QED) is 0.636. The van der Waals surface area contributed by atoms with E-state index in [9.17, 15) is 19.5 Å². The number of cyclic esters (lactones) is 1. The van der Waals surface area contributed by atoms with Gasteiger partial charge in [-0.25, -0.2) is 9.59 Å². The van der Waals surface area contributed by atoms with E-state index in [-0.39, 0.29) is 28.7 Å². The summed E-state index contributed by atoms with van der Waals surface area (Å²) in [7, 11) is 2.75. The highest BCUT2D eigenvalue weighted by Crippen LogP contribution is 2.35. The fourth-order valence-electron chi connectivity index (χ4n) is 3.62. The predicted octanol–water partition coefficient (Wildman–Crippen LogP) is 3.50. The van der Waals surface area contributed by atoms with Crippen molar-refractivity contribution < 1.29 is 33.7 Å². The molecule has 0 aromatic heterocycles. The number of hydrogen-bond acceptors (Lipinski definition) is 8. The van der Waals surface area contributed by atoms with Gasteiger partial charge < -0.3 is 24.6 Å². The van der Waals surface area contributed by atoms with E-state index in [0.717, 1.165) is 38.5 Å². The topological polar surface area (TPSA) is 111 Å². The Kier molecular flexibility index (Phi) is 10.7. The summed E-state index contributed by atoms with van der Waals surface area (Å²) in [4.78, 5) is 37.3. The van der Waals surface area contributed by atoms with Gasteiger partial charge in [-0.2, -0.15) is 11.8 Å². The van der Waals surface area contributed by atoms with E-state index in [2.05, 4.69) is 5.32 Å². The largest absolute Gasteiger partial charge is 0.507 e. The smallest absolute Gasteiger partial charge is 0.338 e. The molecule has 1 amide bonds. The summed E-state index contributed by atoms with van der Waals surface area (Å²) >= 11 is 1.31. The molecule has 0 aliphatic carbocycles. The molecule has 1 aromatic carbocycles. The average molecular weight is 468 g/mol. The molecule has 1 atom stereocenters. The van der Waals surface area contributed by atoms with Gasteiger partial charge in [0.15, 0.2) is 0 Å². The maximum Gasteiger partial charge on any atom is 0.338 e. The molecule has 0 radical (unpaired) electrons. The van der Waals surface area contributed by atoms with E-state index in [4.69, 9.17) is 14.2 Å². The molecule has 0 saturated heterocycles. The monoisotopic (exact) mass is 467 g/mol. The van der Waals surface area contributed by atoms with Gasteiger partial charge in [0.25, 0.3) is 0 Å². The van der Waals surface area contributed by atoms with Gasteiger partial charge in [0.1, 0.15) is 17.5 Å². The number of benzene rings is 1. The number of thioether (sulfide) groups is 1. The summed E-state index contributed by atoms with van der Waals surface area (Å²) in [5.74, 6) is -0.442. The van der Waals surface area contributed by atoms with Crippen LogP contribution in [0.5, 0.6) is 11.5 Å². The third kappa shape index (κ3) is 7.32. The lowest BCUT2D eigenvalue weighted by atomic mass is 10.0. The Balaban J connectivity index is 2.28. The fourth-order valence-corrected chi connectivity index (χ4v) is 4.69. The van der Waals surface area contributed by atoms with E-state index in [0.29, 0.717) is 29.9 Å². The van der Waals surface area contributed by atoms with Crippen LogP contribution in [0.25, 0.3) is 0 Å². The van der Waals surface area contributed by atoms with Gasteiger partial charge in [0.2, 0.25) is 5.91 Å². The van der Waals surface area contributed by atoms with E-state index >= 15 is 0 Å². The molecule has 1 aromatic rings. The summed E-state index contributed by atoms with van der Waals surface area (Å²) < 4.78 is 15.6. The summed E-state index contributed by atoms with van der Waals surface area (Å²) in [6, 6.07) is 0.654. The number of nitrogens with one attached hydrogen (secondary N) is 1. The van der Waals surface area contributed by atoms with Crippen LogP contribution in [0.1, 0.15) is 66.4 Å². The molecular weight excluding hydrogens is 434 g/mol. The molecule has 0 unspecified atom stereocenters. The number of rotatable bonds is 2. The zero-order chi connectivity index (χ0) is 23.5. The van der Waals surface area contributed by atoms with Crippen LogP contribution in [-0.4, -0.2) is 55.6 Å². The zero-order valence-electron chi connectivity index (χ0n) is 19.0. The molecule has 1 aliphatic heterocycles. The molecule has 2 rings (SSSR count). The van der Waals surface area contributed by atoms with Crippen LogP contribution in [0.4, 0.5) is 0 Å². The molecule has 8 nitrogen and oxygen atoms in total. The van der Waals surface area contributed by atoms with Crippen molar-refractivity contribution in [3.63, 3.8) is 0 Å². The molecule has 2 N–H and O–H groups in total. The normalized spacial score (nSPS) is 19.5. The molecule has 32 heavy (non-hydrogen) atoms. The number of ether oxygens (including phenoxy) is 3. The van der Waals surface area contributed by atoms with Gasteiger partial charge in [0.05, 0.1) is 26.4 Å². The summed E-state index contributed by atoms with van der Waals surface area (Å²) in [5, 5.41) is 13.3. The third-order valence-electron chi connectivity index (χ3n) is 5.43. The minimum absolute atomic E-state index is 0.0834. The Morgan fingerprint density at radius 1 is 1.16 bits per heavy atom. The molecule has 0 spiro atoms. The van der Waals surface area contributed by atoms with Crippen molar-refractivity contribution in [2.75, 3.05) is 26.6 Å². The number of methoxy groups -OCH3 is 2. The Morgan fingerprint density at radius 3 is 2.53 bits per heavy atom. The maximum absolute atomic E-state index is 12.9. The number of amides is 1. The highest BCUT2D eigenvalue weighted by atomic mass is 32.2. The SMILES string of the molecule is COC(=O)[C@@H]1CSCc2c(O)cc(OC)c(C)c2C(=O)OCCCCCCCCC(=O)N1. The van der Waals surface area contributed by atoms with E-state index in [1.807, 2.05) is 0 Å². The second kappa shape index (κ2) is 13.2. The van der Waals surface area contributed by atoms with Crippen molar-refractivity contribution >= 4 is 29.6 Å². The van der Waals surface area contributed by atoms with E-state index < -0.39 is 18.0 Å². The molecule has 9 heteroatoms. The van der Waals surface area contributed by atoms with Crippen LogP contribution in [0.15, 0.2) is 6.07 Å². The van der Waals surface area contributed by atoms with Crippen LogP contribution in [0.3, 0.4) is 0 Å². The van der Waals surface area contributed by atoms with Crippen LogP contribution >= 0.6 is 11.8 Å². The minimum Gasteiger partial charge on any atom is -0.507 e. The Morgan fingerprint density at radius 2 is 1.84 bits per heavy atom. The second-order valence-corrected chi connectivity index (χ2v) is 8.77. The first-order chi connectivity index (χ1) is 15.4. The molecule has 1 aliphatic rings. The van der Waals surface area contributed by atoms with E-state index in [1.165, 1.54) is 32.0 Å². The number of fused-ring (bicyclic) bond motifs is 1. The Bertz CT molecular complexity index is 812. The van der Waals surface area contributed by atoms with Crippen LogP contribution in [0, 0.1) is 6.92 Å². The Hall–Kier alpha value is -2.42. The zero-order valence-corrected chi connectivity index (χ0v) is 19.8. The number of carbonyl (C=O) groups excluding carboxylic acids is 3. The van der Waals surface area contributed by atoms with Crippen LogP contribution in [-0.2, 0) is 24.8 Å². The van der Waals surface area contributed by atoms with Gasteiger partial charge >= 0.3 is 11.9 Å². The molecule has 0 saturated carbocycles. The lowest BCUT2D eigenvalue weighted by Crippen LogP contribution is -2.43. The van der Waals surface area contributed by atoms with Gasteiger partial charge in [-0.1, -0.05) is 25.7 Å². The van der Waals surface area contributed by atoms with Crippen molar-refractivity contribution in [3.8, 4) is 11.5 Å². The average Bonchev–Trinajstić information content (AvgIpc) is 2.77. The minimum atomic E-state index is -0.812. The lowest BCUT2D eigenvalue weighted by molar-refractivity contribution is -0.144. The second-order valence-electron chi connectivity index (χ2n) is 7.74.